The lowest BCUT2D eigenvalue weighted by molar-refractivity contribution is 0.459. The number of hydrogen-bond donors (Lipinski definition) is 2. The molecule has 3 rings (SSSR count). The third-order valence-electron chi connectivity index (χ3n) is 4.48. The van der Waals surface area contributed by atoms with Gasteiger partial charge in [0.15, 0.2) is 5.96 Å². The third-order valence-corrected chi connectivity index (χ3v) is 4.48. The normalized spacial score (nSPS) is 16.1. The Morgan fingerprint density at radius 2 is 2.12 bits per heavy atom. The van der Waals surface area contributed by atoms with Gasteiger partial charge in [0.25, 0.3) is 0 Å². The van der Waals surface area contributed by atoms with Crippen LogP contribution < -0.4 is 15.5 Å². The lowest BCUT2D eigenvalue weighted by Gasteiger charge is -2.34. The summed E-state index contributed by atoms with van der Waals surface area (Å²) < 4.78 is 1.76. The van der Waals surface area contributed by atoms with E-state index in [4.69, 9.17) is 0 Å². The van der Waals surface area contributed by atoms with Crippen LogP contribution in [0, 0.1) is 6.92 Å². The van der Waals surface area contributed by atoms with Gasteiger partial charge in [-0.2, -0.15) is 5.10 Å². The Morgan fingerprint density at radius 1 is 1.32 bits per heavy atom. The molecular formula is C17H26N8. The van der Waals surface area contributed by atoms with Gasteiger partial charge in [-0.1, -0.05) is 6.07 Å². The van der Waals surface area contributed by atoms with Crippen molar-refractivity contribution < 1.29 is 0 Å². The van der Waals surface area contributed by atoms with E-state index >= 15 is 0 Å². The summed E-state index contributed by atoms with van der Waals surface area (Å²) in [6.45, 7) is 4.62. The molecule has 0 saturated carbocycles. The van der Waals surface area contributed by atoms with Crippen molar-refractivity contribution in [2.75, 3.05) is 25.0 Å². The van der Waals surface area contributed by atoms with Crippen molar-refractivity contribution >= 4 is 11.8 Å². The monoisotopic (exact) mass is 342 g/mol. The zero-order valence-corrected chi connectivity index (χ0v) is 15.1. The number of aliphatic imine (C=N–C) groups is 1. The average Bonchev–Trinajstić information content (AvgIpc) is 3.04. The maximum atomic E-state index is 4.62. The molecule has 0 unspecified atom stereocenters. The standard InChI is InChI=1S/C17H26N8/c1-13-5-4-6-15(22-13)25-9-7-14(8-10-25)23-17(18-2)19-11-16-20-12-21-24(16)3/h4-6,12,14H,7-11H2,1-3H3,(H2,18,19,23). The predicted octanol–water partition coefficient (Wildman–Crippen LogP) is 0.853. The molecule has 0 spiro atoms. The number of guanidine groups is 1. The Bertz CT molecular complexity index is 715. The van der Waals surface area contributed by atoms with Crippen molar-refractivity contribution in [1.82, 2.24) is 30.4 Å². The summed E-state index contributed by atoms with van der Waals surface area (Å²) in [7, 11) is 3.67. The number of pyridine rings is 1. The van der Waals surface area contributed by atoms with Crippen molar-refractivity contribution in [3.63, 3.8) is 0 Å². The summed E-state index contributed by atoms with van der Waals surface area (Å²) in [6.07, 6.45) is 3.67. The van der Waals surface area contributed by atoms with E-state index in [1.54, 1.807) is 18.1 Å². The van der Waals surface area contributed by atoms with Gasteiger partial charge in [0.1, 0.15) is 18.0 Å². The summed E-state index contributed by atoms with van der Waals surface area (Å²) in [6, 6.07) is 6.60. The van der Waals surface area contributed by atoms with Crippen molar-refractivity contribution in [1.29, 1.82) is 0 Å². The molecule has 0 aliphatic carbocycles. The molecule has 0 radical (unpaired) electrons. The Labute approximate surface area is 148 Å². The first kappa shape index (κ1) is 17.2. The van der Waals surface area contributed by atoms with Crippen molar-refractivity contribution in [3.8, 4) is 0 Å². The number of rotatable bonds is 4. The zero-order valence-electron chi connectivity index (χ0n) is 15.1. The number of aromatic nitrogens is 4. The first-order chi connectivity index (χ1) is 12.2. The first-order valence-corrected chi connectivity index (χ1v) is 8.64. The topological polar surface area (TPSA) is 83.3 Å². The molecule has 8 heteroatoms. The molecule has 8 nitrogen and oxygen atoms in total. The van der Waals surface area contributed by atoms with Gasteiger partial charge in [-0.3, -0.25) is 9.67 Å². The highest BCUT2D eigenvalue weighted by molar-refractivity contribution is 5.79. The van der Waals surface area contributed by atoms with E-state index in [0.717, 1.165) is 49.2 Å². The molecule has 3 heterocycles. The number of nitrogens with zero attached hydrogens (tertiary/aromatic N) is 6. The lowest BCUT2D eigenvalue weighted by Crippen LogP contribution is -2.48. The number of hydrogen-bond acceptors (Lipinski definition) is 5. The summed E-state index contributed by atoms with van der Waals surface area (Å²) >= 11 is 0. The van der Waals surface area contributed by atoms with Crippen LogP contribution in [0.3, 0.4) is 0 Å². The average molecular weight is 342 g/mol. The molecule has 0 atom stereocenters. The summed E-state index contributed by atoms with van der Waals surface area (Å²) in [4.78, 5) is 15.5. The van der Waals surface area contributed by atoms with Gasteiger partial charge in [0, 0.05) is 38.9 Å². The highest BCUT2D eigenvalue weighted by atomic mass is 15.3. The highest BCUT2D eigenvalue weighted by Gasteiger charge is 2.21. The van der Waals surface area contributed by atoms with Crippen LogP contribution in [0.5, 0.6) is 0 Å². The number of aryl methyl sites for hydroxylation is 2. The van der Waals surface area contributed by atoms with Crippen molar-refractivity contribution in [3.05, 3.63) is 36.0 Å². The van der Waals surface area contributed by atoms with Crippen LogP contribution in [0.4, 0.5) is 5.82 Å². The molecule has 2 aromatic heterocycles. The van der Waals surface area contributed by atoms with Crippen LogP contribution in [0.2, 0.25) is 0 Å². The minimum atomic E-state index is 0.409. The minimum absolute atomic E-state index is 0.409. The molecule has 0 bridgehead atoms. The number of piperidine rings is 1. The van der Waals surface area contributed by atoms with Gasteiger partial charge in [0.05, 0.1) is 6.54 Å². The molecule has 0 aromatic carbocycles. The quantitative estimate of drug-likeness (QED) is 0.633. The number of anilines is 1. The fourth-order valence-corrected chi connectivity index (χ4v) is 2.99. The van der Waals surface area contributed by atoms with E-state index in [1.165, 1.54) is 0 Å². The highest BCUT2D eigenvalue weighted by Crippen LogP contribution is 2.18. The fourth-order valence-electron chi connectivity index (χ4n) is 2.99. The lowest BCUT2D eigenvalue weighted by atomic mass is 10.1. The van der Waals surface area contributed by atoms with Crippen molar-refractivity contribution in [2.24, 2.45) is 12.0 Å². The largest absolute Gasteiger partial charge is 0.356 e. The van der Waals surface area contributed by atoms with Gasteiger partial charge in [0.2, 0.25) is 0 Å². The fraction of sp³-hybridized carbons (Fsp3) is 0.529. The second-order valence-electron chi connectivity index (χ2n) is 6.27. The smallest absolute Gasteiger partial charge is 0.191 e. The molecule has 1 aliphatic rings. The number of nitrogens with one attached hydrogen (secondary N) is 2. The Hall–Kier alpha value is -2.64. The molecule has 1 aliphatic heterocycles. The molecular weight excluding hydrogens is 316 g/mol. The predicted molar refractivity (Wildman–Crippen MR) is 98.5 cm³/mol. The van der Waals surface area contributed by atoms with Crippen LogP contribution in [-0.2, 0) is 13.6 Å². The van der Waals surface area contributed by atoms with E-state index in [2.05, 4.69) is 47.7 Å². The van der Waals surface area contributed by atoms with E-state index in [1.807, 2.05) is 20.0 Å². The van der Waals surface area contributed by atoms with E-state index in [9.17, 15) is 0 Å². The van der Waals surface area contributed by atoms with Crippen molar-refractivity contribution in [2.45, 2.75) is 32.4 Å². The van der Waals surface area contributed by atoms with E-state index in [0.29, 0.717) is 12.6 Å². The SMILES string of the molecule is CN=C(NCc1ncnn1C)NC1CCN(c2cccc(C)n2)CC1. The second-order valence-corrected chi connectivity index (χ2v) is 6.27. The van der Waals surface area contributed by atoms with Crippen LogP contribution in [-0.4, -0.2) is 51.9 Å². The minimum Gasteiger partial charge on any atom is -0.356 e. The molecule has 1 saturated heterocycles. The van der Waals surface area contributed by atoms with Gasteiger partial charge < -0.3 is 15.5 Å². The third kappa shape index (κ3) is 4.46. The molecule has 25 heavy (non-hydrogen) atoms. The molecule has 0 amide bonds. The second kappa shape index (κ2) is 7.96. The van der Waals surface area contributed by atoms with Gasteiger partial charge in [-0.15, -0.1) is 0 Å². The Morgan fingerprint density at radius 3 is 2.76 bits per heavy atom. The molecule has 134 valence electrons. The van der Waals surface area contributed by atoms with Crippen LogP contribution in [0.15, 0.2) is 29.5 Å². The van der Waals surface area contributed by atoms with E-state index in [-0.39, 0.29) is 0 Å². The maximum Gasteiger partial charge on any atom is 0.191 e. The van der Waals surface area contributed by atoms with Gasteiger partial charge >= 0.3 is 0 Å². The Kier molecular flexibility index (Phi) is 5.47. The summed E-state index contributed by atoms with van der Waals surface area (Å²) in [5, 5.41) is 10.9. The summed E-state index contributed by atoms with van der Waals surface area (Å²) in [5.74, 6) is 2.75. The zero-order chi connectivity index (χ0) is 17.6. The molecule has 1 fully saturated rings. The van der Waals surface area contributed by atoms with E-state index < -0.39 is 0 Å². The Balaban J connectivity index is 1.48. The van der Waals surface area contributed by atoms with Crippen LogP contribution >= 0.6 is 0 Å². The van der Waals surface area contributed by atoms with Crippen LogP contribution in [0.1, 0.15) is 24.4 Å². The van der Waals surface area contributed by atoms with Gasteiger partial charge in [-0.25, -0.2) is 9.97 Å². The van der Waals surface area contributed by atoms with Gasteiger partial charge in [-0.05, 0) is 31.9 Å². The first-order valence-electron chi connectivity index (χ1n) is 8.64. The maximum absolute atomic E-state index is 4.62. The van der Waals surface area contributed by atoms with Crippen LogP contribution in [0.25, 0.3) is 0 Å². The molecule has 2 N–H and O–H groups in total. The summed E-state index contributed by atoms with van der Waals surface area (Å²) in [5.41, 5.74) is 1.06. The molecule has 2 aromatic rings.